The maximum atomic E-state index is 12.6. The van der Waals surface area contributed by atoms with E-state index in [0.717, 1.165) is 50.6 Å². The van der Waals surface area contributed by atoms with Gasteiger partial charge in [0.2, 0.25) is 0 Å². The quantitative estimate of drug-likeness (QED) is 0.538. The molecule has 1 saturated carbocycles. The van der Waals surface area contributed by atoms with E-state index < -0.39 is 0 Å². The number of nitrogens with one attached hydrogen (secondary N) is 1. The summed E-state index contributed by atoms with van der Waals surface area (Å²) < 4.78 is 8.39. The SMILES string of the molecule is COc1ccc(-c2cn3c(n2)sc2cc(C(=O)NC4CCCC4)ccc23)cc1. The van der Waals surface area contributed by atoms with Crippen LogP contribution in [0.1, 0.15) is 36.0 Å². The number of aromatic nitrogens is 2. The average Bonchev–Trinajstić information content (AvgIpc) is 3.43. The monoisotopic (exact) mass is 391 g/mol. The van der Waals surface area contributed by atoms with Gasteiger partial charge in [-0.3, -0.25) is 9.20 Å². The highest BCUT2D eigenvalue weighted by Crippen LogP contribution is 2.31. The summed E-state index contributed by atoms with van der Waals surface area (Å²) in [6.07, 6.45) is 6.66. The molecular weight excluding hydrogens is 370 g/mol. The number of rotatable bonds is 4. The molecule has 0 aliphatic heterocycles. The lowest BCUT2D eigenvalue weighted by molar-refractivity contribution is 0.0938. The molecule has 0 atom stereocenters. The Morgan fingerprint density at radius 1 is 1.18 bits per heavy atom. The summed E-state index contributed by atoms with van der Waals surface area (Å²) in [6.45, 7) is 0. The first-order valence-corrected chi connectivity index (χ1v) is 10.4. The second kappa shape index (κ2) is 6.95. The van der Waals surface area contributed by atoms with Gasteiger partial charge in [0.25, 0.3) is 5.91 Å². The first kappa shape index (κ1) is 17.3. The lowest BCUT2D eigenvalue weighted by Gasteiger charge is -2.11. The highest BCUT2D eigenvalue weighted by Gasteiger charge is 2.19. The standard InChI is InChI=1S/C22H21N3O2S/c1-27-17-9-6-14(7-10-17)18-13-25-19-11-8-15(12-20(19)28-22(25)24-18)21(26)23-16-4-2-3-5-16/h6-13,16H,2-5H2,1H3,(H,23,26). The average molecular weight is 391 g/mol. The van der Waals surface area contributed by atoms with Crippen molar-refractivity contribution < 1.29 is 9.53 Å². The number of nitrogens with zero attached hydrogens (tertiary/aromatic N) is 2. The summed E-state index contributed by atoms with van der Waals surface area (Å²) in [5.41, 5.74) is 3.78. The molecular formula is C22H21N3O2S. The van der Waals surface area contributed by atoms with Gasteiger partial charge >= 0.3 is 0 Å². The molecule has 0 radical (unpaired) electrons. The normalized spacial score (nSPS) is 14.8. The fourth-order valence-corrected chi connectivity index (χ4v) is 4.93. The minimum atomic E-state index is 0.0266. The highest BCUT2D eigenvalue weighted by atomic mass is 32.1. The molecule has 28 heavy (non-hydrogen) atoms. The van der Waals surface area contributed by atoms with Crippen LogP contribution in [0, 0.1) is 0 Å². The van der Waals surface area contributed by atoms with Crippen LogP contribution >= 0.6 is 11.3 Å². The molecule has 2 aromatic carbocycles. The summed E-state index contributed by atoms with van der Waals surface area (Å²) in [4.78, 5) is 18.2. The van der Waals surface area contributed by atoms with Gasteiger partial charge in [-0.1, -0.05) is 24.2 Å². The topological polar surface area (TPSA) is 55.6 Å². The molecule has 0 unspecified atom stereocenters. The predicted molar refractivity (Wildman–Crippen MR) is 112 cm³/mol. The summed E-state index contributed by atoms with van der Waals surface area (Å²) in [5, 5.41) is 3.16. The van der Waals surface area contributed by atoms with E-state index in [0.29, 0.717) is 6.04 Å². The minimum absolute atomic E-state index is 0.0266. The molecule has 0 spiro atoms. The molecule has 0 saturated heterocycles. The molecule has 2 aromatic heterocycles. The molecule has 142 valence electrons. The van der Waals surface area contributed by atoms with Crippen molar-refractivity contribution in [2.45, 2.75) is 31.7 Å². The van der Waals surface area contributed by atoms with Crippen molar-refractivity contribution in [3.63, 3.8) is 0 Å². The van der Waals surface area contributed by atoms with Crippen LogP contribution in [0.2, 0.25) is 0 Å². The molecule has 6 heteroatoms. The van der Waals surface area contributed by atoms with Gasteiger partial charge < -0.3 is 10.1 Å². The van der Waals surface area contributed by atoms with Crippen LogP contribution in [0.3, 0.4) is 0 Å². The Kier molecular flexibility index (Phi) is 4.28. The molecule has 1 amide bonds. The Morgan fingerprint density at radius 2 is 1.96 bits per heavy atom. The largest absolute Gasteiger partial charge is 0.497 e. The van der Waals surface area contributed by atoms with Crippen molar-refractivity contribution in [2.75, 3.05) is 7.11 Å². The van der Waals surface area contributed by atoms with Gasteiger partial charge in [0.05, 0.1) is 23.0 Å². The fraction of sp³-hybridized carbons (Fsp3) is 0.273. The molecule has 4 aromatic rings. The van der Waals surface area contributed by atoms with Crippen LogP contribution in [-0.2, 0) is 0 Å². The van der Waals surface area contributed by atoms with E-state index in [1.165, 1.54) is 12.8 Å². The number of carbonyl (C=O) groups is 1. The molecule has 5 rings (SSSR count). The van der Waals surface area contributed by atoms with Gasteiger partial charge in [0, 0.05) is 23.4 Å². The van der Waals surface area contributed by atoms with Crippen LogP contribution < -0.4 is 10.1 Å². The number of carbonyl (C=O) groups excluding carboxylic acids is 1. The number of thiazole rings is 1. The first-order chi connectivity index (χ1) is 13.7. The number of benzene rings is 2. The Morgan fingerprint density at radius 3 is 2.71 bits per heavy atom. The molecule has 5 nitrogen and oxygen atoms in total. The van der Waals surface area contributed by atoms with Crippen LogP contribution in [-0.4, -0.2) is 28.4 Å². The Hall–Kier alpha value is -2.86. The highest BCUT2D eigenvalue weighted by molar-refractivity contribution is 7.23. The number of methoxy groups -OCH3 is 1. The fourth-order valence-electron chi connectivity index (χ4n) is 3.88. The number of amides is 1. The van der Waals surface area contributed by atoms with Gasteiger partial charge in [0.1, 0.15) is 5.75 Å². The first-order valence-electron chi connectivity index (χ1n) is 9.58. The van der Waals surface area contributed by atoms with E-state index in [-0.39, 0.29) is 5.91 Å². The van der Waals surface area contributed by atoms with Gasteiger partial charge in [0.15, 0.2) is 4.96 Å². The maximum Gasteiger partial charge on any atom is 0.251 e. The molecule has 0 bridgehead atoms. The van der Waals surface area contributed by atoms with Gasteiger partial charge in [-0.15, -0.1) is 0 Å². The molecule has 1 aliphatic rings. The molecule has 2 heterocycles. The van der Waals surface area contributed by atoms with Crippen LogP contribution in [0.4, 0.5) is 0 Å². The Labute approximate surface area is 167 Å². The van der Waals surface area contributed by atoms with E-state index in [1.807, 2.05) is 48.7 Å². The molecule has 1 N–H and O–H groups in total. The van der Waals surface area contributed by atoms with Gasteiger partial charge in [-0.2, -0.15) is 0 Å². The Bertz CT molecular complexity index is 1150. The smallest absolute Gasteiger partial charge is 0.251 e. The lowest BCUT2D eigenvalue weighted by Crippen LogP contribution is -2.32. The van der Waals surface area contributed by atoms with Gasteiger partial charge in [-0.25, -0.2) is 4.98 Å². The zero-order valence-corrected chi connectivity index (χ0v) is 16.5. The van der Waals surface area contributed by atoms with E-state index in [2.05, 4.69) is 9.72 Å². The zero-order valence-electron chi connectivity index (χ0n) is 15.6. The second-order valence-corrected chi connectivity index (χ2v) is 8.26. The zero-order chi connectivity index (χ0) is 19.1. The molecule has 1 fully saturated rings. The summed E-state index contributed by atoms with van der Waals surface area (Å²) >= 11 is 1.61. The number of hydrogen-bond donors (Lipinski definition) is 1. The van der Waals surface area contributed by atoms with E-state index in [9.17, 15) is 4.79 Å². The third-order valence-electron chi connectivity index (χ3n) is 5.43. The summed E-state index contributed by atoms with van der Waals surface area (Å²) in [6, 6.07) is 14.1. The van der Waals surface area contributed by atoms with Crippen molar-refractivity contribution in [2.24, 2.45) is 0 Å². The van der Waals surface area contributed by atoms with Crippen molar-refractivity contribution in [3.05, 3.63) is 54.2 Å². The Balaban J connectivity index is 1.45. The van der Waals surface area contributed by atoms with Crippen molar-refractivity contribution in [1.82, 2.24) is 14.7 Å². The van der Waals surface area contributed by atoms with Crippen molar-refractivity contribution >= 4 is 32.4 Å². The van der Waals surface area contributed by atoms with Crippen LogP contribution in [0.5, 0.6) is 5.75 Å². The van der Waals surface area contributed by atoms with Crippen LogP contribution in [0.25, 0.3) is 26.4 Å². The predicted octanol–water partition coefficient (Wildman–Crippen LogP) is 4.90. The summed E-state index contributed by atoms with van der Waals surface area (Å²) in [7, 11) is 1.66. The third-order valence-corrected chi connectivity index (χ3v) is 6.45. The van der Waals surface area contributed by atoms with E-state index >= 15 is 0 Å². The number of hydrogen-bond acceptors (Lipinski definition) is 4. The van der Waals surface area contributed by atoms with Crippen molar-refractivity contribution in [1.29, 1.82) is 0 Å². The third kappa shape index (κ3) is 3.03. The maximum absolute atomic E-state index is 12.6. The molecule has 1 aliphatic carbocycles. The van der Waals surface area contributed by atoms with E-state index in [4.69, 9.17) is 9.72 Å². The number of imidazole rings is 1. The second-order valence-electron chi connectivity index (χ2n) is 7.25. The van der Waals surface area contributed by atoms with Gasteiger partial charge in [-0.05, 0) is 55.3 Å². The van der Waals surface area contributed by atoms with Crippen molar-refractivity contribution in [3.8, 4) is 17.0 Å². The number of fused-ring (bicyclic) bond motifs is 3. The number of ether oxygens (including phenoxy) is 1. The summed E-state index contributed by atoms with van der Waals surface area (Å²) in [5.74, 6) is 0.859. The minimum Gasteiger partial charge on any atom is -0.497 e. The lowest BCUT2D eigenvalue weighted by atomic mass is 10.1. The van der Waals surface area contributed by atoms with E-state index in [1.54, 1.807) is 18.4 Å². The van der Waals surface area contributed by atoms with Crippen LogP contribution in [0.15, 0.2) is 48.7 Å².